The summed E-state index contributed by atoms with van der Waals surface area (Å²) < 4.78 is 0. The summed E-state index contributed by atoms with van der Waals surface area (Å²) in [6.07, 6.45) is 7.35. The van der Waals surface area contributed by atoms with Crippen molar-refractivity contribution in [1.82, 2.24) is 9.97 Å². The summed E-state index contributed by atoms with van der Waals surface area (Å²) >= 11 is 6.34. The van der Waals surface area contributed by atoms with Crippen LogP contribution in [0.2, 0.25) is 5.02 Å². The number of hydrogen-bond donors (Lipinski definition) is 1. The molecule has 1 aromatic carbocycles. The first kappa shape index (κ1) is 17.2. The largest absolute Gasteiger partial charge is 0.349 e. The van der Waals surface area contributed by atoms with Gasteiger partial charge in [0, 0.05) is 37.2 Å². The van der Waals surface area contributed by atoms with Crippen LogP contribution in [0.3, 0.4) is 0 Å². The molecule has 0 aliphatic carbocycles. The number of halogens is 1. The van der Waals surface area contributed by atoms with Crippen molar-refractivity contribution in [3.63, 3.8) is 0 Å². The number of piperidine rings is 1. The molecule has 0 amide bonds. The minimum Gasteiger partial charge on any atom is -0.349 e. The van der Waals surface area contributed by atoms with Crippen LogP contribution in [0.15, 0.2) is 36.7 Å². The van der Waals surface area contributed by atoms with Gasteiger partial charge in [-0.2, -0.15) is 4.98 Å². The van der Waals surface area contributed by atoms with Gasteiger partial charge in [-0.3, -0.25) is 0 Å². The van der Waals surface area contributed by atoms with Crippen molar-refractivity contribution in [3.05, 3.63) is 47.3 Å². The van der Waals surface area contributed by atoms with E-state index >= 15 is 0 Å². The van der Waals surface area contributed by atoms with E-state index in [4.69, 9.17) is 11.6 Å². The average molecular weight is 370 g/mol. The van der Waals surface area contributed by atoms with Gasteiger partial charge in [0.1, 0.15) is 5.02 Å². The molecule has 0 radical (unpaired) electrons. The van der Waals surface area contributed by atoms with E-state index in [1.165, 1.54) is 30.5 Å². The normalized spacial score (nSPS) is 17.2. The smallest absolute Gasteiger partial charge is 0.227 e. The van der Waals surface area contributed by atoms with Gasteiger partial charge >= 0.3 is 0 Å². The minimum absolute atomic E-state index is 0.536. The number of rotatable bonds is 3. The van der Waals surface area contributed by atoms with Crippen LogP contribution in [0, 0.1) is 0 Å². The number of anilines is 4. The van der Waals surface area contributed by atoms with Gasteiger partial charge in [0.2, 0.25) is 5.95 Å². The Hall–Kier alpha value is -2.27. The van der Waals surface area contributed by atoms with Crippen LogP contribution < -0.4 is 15.1 Å². The Morgan fingerprint density at radius 1 is 1.15 bits per heavy atom. The molecule has 1 saturated heterocycles. The van der Waals surface area contributed by atoms with Gasteiger partial charge in [-0.25, -0.2) is 4.98 Å². The number of aryl methyl sites for hydroxylation is 1. The van der Waals surface area contributed by atoms with Crippen molar-refractivity contribution in [3.8, 4) is 0 Å². The number of nitrogens with one attached hydrogen (secondary N) is 1. The third-order valence-electron chi connectivity index (χ3n) is 5.23. The maximum absolute atomic E-state index is 6.34. The van der Waals surface area contributed by atoms with E-state index in [0.29, 0.717) is 10.8 Å². The van der Waals surface area contributed by atoms with Crippen LogP contribution >= 0.6 is 11.6 Å². The van der Waals surface area contributed by atoms with Gasteiger partial charge in [-0.15, -0.1) is 0 Å². The molecule has 6 heteroatoms. The van der Waals surface area contributed by atoms with E-state index in [9.17, 15) is 0 Å². The maximum atomic E-state index is 6.34. The molecule has 2 aliphatic heterocycles. The lowest BCUT2D eigenvalue weighted by atomic mass is 9.99. The molecule has 2 aromatic rings. The fourth-order valence-electron chi connectivity index (χ4n) is 3.64. The minimum atomic E-state index is 0.536. The molecule has 0 spiro atoms. The van der Waals surface area contributed by atoms with Crippen LogP contribution in [-0.4, -0.2) is 30.1 Å². The highest BCUT2D eigenvalue weighted by Crippen LogP contribution is 2.34. The Balaban J connectivity index is 1.58. The van der Waals surface area contributed by atoms with Crippen LogP contribution in [0.25, 0.3) is 0 Å². The Morgan fingerprint density at radius 2 is 1.96 bits per heavy atom. The van der Waals surface area contributed by atoms with Crippen molar-refractivity contribution in [2.75, 3.05) is 35.3 Å². The number of nitrogens with zero attached hydrogens (tertiary/aromatic N) is 4. The quantitative estimate of drug-likeness (QED) is 0.844. The van der Waals surface area contributed by atoms with E-state index < -0.39 is 0 Å². The molecule has 0 atom stereocenters. The zero-order valence-corrected chi connectivity index (χ0v) is 15.9. The molecule has 1 fully saturated rings. The molecule has 0 bridgehead atoms. The standard InChI is InChI=1S/C20H24ClN5/c1-14-6-7-15-12-16(8-9-18(15)25(14)2)23-19-17(21)13-22-20(24-19)26-10-4-3-5-11-26/h8-9,12-13H,1,3-7,10-11H2,2H3,(H,22,23,24). The van der Waals surface area contributed by atoms with Crippen LogP contribution in [0.1, 0.15) is 31.2 Å². The van der Waals surface area contributed by atoms with E-state index in [0.717, 1.165) is 43.3 Å². The van der Waals surface area contributed by atoms with Crippen molar-refractivity contribution in [2.45, 2.75) is 32.1 Å². The van der Waals surface area contributed by atoms with Gasteiger partial charge in [0.25, 0.3) is 0 Å². The lowest BCUT2D eigenvalue weighted by Gasteiger charge is -2.30. The van der Waals surface area contributed by atoms with Gasteiger partial charge in [0.05, 0.1) is 6.20 Å². The van der Waals surface area contributed by atoms with E-state index in [2.05, 4.69) is 56.9 Å². The van der Waals surface area contributed by atoms with Gasteiger partial charge in [-0.05, 0) is 55.9 Å². The second-order valence-corrected chi connectivity index (χ2v) is 7.42. The predicted octanol–water partition coefficient (Wildman–Crippen LogP) is 4.76. The number of benzene rings is 1. The van der Waals surface area contributed by atoms with Crippen molar-refractivity contribution in [2.24, 2.45) is 0 Å². The third kappa shape index (κ3) is 3.36. The Kier molecular flexibility index (Phi) is 4.72. The highest BCUT2D eigenvalue weighted by atomic mass is 35.5. The number of hydrogen-bond acceptors (Lipinski definition) is 5. The molecule has 2 aliphatic rings. The van der Waals surface area contributed by atoms with Gasteiger partial charge in [-0.1, -0.05) is 18.2 Å². The molecule has 3 heterocycles. The predicted molar refractivity (Wildman–Crippen MR) is 109 cm³/mol. The Labute approximate surface area is 159 Å². The monoisotopic (exact) mass is 369 g/mol. The van der Waals surface area contributed by atoms with Crippen LogP contribution in [0.4, 0.5) is 23.1 Å². The molecule has 4 rings (SSSR count). The highest BCUT2D eigenvalue weighted by Gasteiger charge is 2.18. The SMILES string of the molecule is C=C1CCc2cc(Nc3nc(N4CCCCC4)ncc3Cl)ccc2N1C. The number of fused-ring (bicyclic) bond motifs is 1. The zero-order valence-electron chi connectivity index (χ0n) is 15.1. The molecule has 0 unspecified atom stereocenters. The summed E-state index contributed by atoms with van der Waals surface area (Å²) in [5.41, 5.74) is 4.68. The second-order valence-electron chi connectivity index (χ2n) is 7.01. The maximum Gasteiger partial charge on any atom is 0.227 e. The summed E-state index contributed by atoms with van der Waals surface area (Å²) in [4.78, 5) is 13.5. The summed E-state index contributed by atoms with van der Waals surface area (Å²) in [6.45, 7) is 6.14. The van der Waals surface area contributed by atoms with Crippen molar-refractivity contribution < 1.29 is 0 Å². The van der Waals surface area contributed by atoms with Gasteiger partial charge in [0.15, 0.2) is 5.82 Å². The highest BCUT2D eigenvalue weighted by molar-refractivity contribution is 6.32. The first-order valence-corrected chi connectivity index (χ1v) is 9.58. The molecular formula is C20H24ClN5. The van der Waals surface area contributed by atoms with Crippen LogP contribution in [-0.2, 0) is 6.42 Å². The summed E-state index contributed by atoms with van der Waals surface area (Å²) in [5, 5.41) is 3.91. The Bertz CT molecular complexity index is 829. The lowest BCUT2D eigenvalue weighted by molar-refractivity contribution is 0.568. The van der Waals surface area contributed by atoms with Crippen molar-refractivity contribution in [1.29, 1.82) is 0 Å². The zero-order chi connectivity index (χ0) is 18.1. The number of allylic oxidation sites excluding steroid dienone is 1. The second kappa shape index (κ2) is 7.16. The molecule has 0 saturated carbocycles. The molecule has 1 N–H and O–H groups in total. The fraction of sp³-hybridized carbons (Fsp3) is 0.400. The fourth-order valence-corrected chi connectivity index (χ4v) is 3.77. The van der Waals surface area contributed by atoms with E-state index in [1.807, 2.05) is 0 Å². The summed E-state index contributed by atoms with van der Waals surface area (Å²) in [5.74, 6) is 1.42. The molecule has 26 heavy (non-hydrogen) atoms. The average Bonchev–Trinajstić information content (AvgIpc) is 2.67. The Morgan fingerprint density at radius 3 is 2.77 bits per heavy atom. The number of aromatic nitrogens is 2. The lowest BCUT2D eigenvalue weighted by Crippen LogP contribution is -2.31. The van der Waals surface area contributed by atoms with E-state index in [1.54, 1.807) is 6.20 Å². The third-order valence-corrected chi connectivity index (χ3v) is 5.51. The van der Waals surface area contributed by atoms with Crippen molar-refractivity contribution >= 4 is 34.7 Å². The molecular weight excluding hydrogens is 346 g/mol. The van der Waals surface area contributed by atoms with Crippen LogP contribution in [0.5, 0.6) is 0 Å². The van der Waals surface area contributed by atoms with E-state index in [-0.39, 0.29) is 0 Å². The first-order chi connectivity index (χ1) is 12.6. The van der Waals surface area contributed by atoms with Gasteiger partial charge < -0.3 is 15.1 Å². The summed E-state index contributed by atoms with van der Waals surface area (Å²) in [7, 11) is 2.07. The molecule has 136 valence electrons. The molecule has 1 aromatic heterocycles. The summed E-state index contributed by atoms with van der Waals surface area (Å²) in [6, 6.07) is 6.37. The topological polar surface area (TPSA) is 44.3 Å². The first-order valence-electron chi connectivity index (χ1n) is 9.21. The molecule has 5 nitrogen and oxygen atoms in total.